The third-order valence-corrected chi connectivity index (χ3v) is 6.33. The molecule has 0 aliphatic rings. The van der Waals surface area contributed by atoms with E-state index >= 15 is 0 Å². The zero-order valence-corrected chi connectivity index (χ0v) is 19.3. The van der Waals surface area contributed by atoms with E-state index < -0.39 is 17.6 Å². The summed E-state index contributed by atoms with van der Waals surface area (Å²) in [4.78, 5) is 27.5. The number of hydrogen-bond acceptors (Lipinski definition) is 3. The fourth-order valence-electron chi connectivity index (χ4n) is 4.66. The van der Waals surface area contributed by atoms with E-state index in [-0.39, 0.29) is 5.78 Å². The first-order valence-corrected chi connectivity index (χ1v) is 11.5. The summed E-state index contributed by atoms with van der Waals surface area (Å²) in [5, 5.41) is 2.84. The highest BCUT2D eigenvalue weighted by atomic mass is 16.5. The lowest BCUT2D eigenvalue weighted by Crippen LogP contribution is -2.47. The van der Waals surface area contributed by atoms with Crippen molar-refractivity contribution in [3.8, 4) is 11.3 Å². The van der Waals surface area contributed by atoms with Crippen LogP contribution in [0.25, 0.3) is 11.3 Å². The van der Waals surface area contributed by atoms with Crippen LogP contribution in [0.5, 0.6) is 0 Å². The van der Waals surface area contributed by atoms with Crippen molar-refractivity contribution in [3.63, 3.8) is 0 Å². The molecular formula is C30H25N2O3+. The lowest BCUT2D eigenvalue weighted by atomic mass is 9.79. The average molecular weight is 462 g/mol. The van der Waals surface area contributed by atoms with Crippen LogP contribution < -0.4 is 10.2 Å². The fourth-order valence-corrected chi connectivity index (χ4v) is 4.66. The number of aromatic nitrogens is 2. The summed E-state index contributed by atoms with van der Waals surface area (Å²) in [5.41, 5.74) is 3.79. The normalized spacial score (nSPS) is 12.7. The lowest BCUT2D eigenvalue weighted by Gasteiger charge is -2.24. The van der Waals surface area contributed by atoms with Gasteiger partial charge in [0.25, 0.3) is 0 Å². The number of nitrogens with zero attached hydrogens (tertiary/aromatic N) is 1. The molecule has 3 aromatic carbocycles. The highest BCUT2D eigenvalue weighted by molar-refractivity contribution is 5.99. The van der Waals surface area contributed by atoms with Crippen molar-refractivity contribution in [1.82, 2.24) is 5.16 Å². The topological polar surface area (TPSA) is 67.0 Å². The monoisotopic (exact) mass is 461 g/mol. The predicted octanol–water partition coefficient (Wildman–Crippen LogP) is 5.49. The van der Waals surface area contributed by atoms with E-state index in [1.54, 1.807) is 0 Å². The Morgan fingerprint density at radius 2 is 1.40 bits per heavy atom. The smallest absolute Gasteiger partial charge is 0.338 e. The molecule has 2 aromatic heterocycles. The number of Topliss-reactive ketones (excluding diaryl/α,β-unsaturated/α-hetero) is 1. The summed E-state index contributed by atoms with van der Waals surface area (Å²) >= 11 is 0. The van der Waals surface area contributed by atoms with E-state index in [9.17, 15) is 9.59 Å². The number of carbonyl (C=O) groups is 1. The first-order chi connectivity index (χ1) is 17.1. The fraction of sp³-hybridized carbons (Fsp3) is 0.100. The maximum Gasteiger partial charge on any atom is 0.361 e. The van der Waals surface area contributed by atoms with Crippen LogP contribution in [0.15, 0.2) is 125 Å². The van der Waals surface area contributed by atoms with Crippen LogP contribution in [-0.4, -0.2) is 10.9 Å². The van der Waals surface area contributed by atoms with Gasteiger partial charge in [-0.3, -0.25) is 4.79 Å². The first-order valence-electron chi connectivity index (χ1n) is 11.5. The molecule has 0 aliphatic carbocycles. The van der Waals surface area contributed by atoms with Crippen molar-refractivity contribution in [2.24, 2.45) is 0 Å². The minimum Gasteiger partial charge on any atom is -0.338 e. The Morgan fingerprint density at radius 1 is 0.800 bits per heavy atom. The summed E-state index contributed by atoms with van der Waals surface area (Å²) in [6, 6.07) is 31.6. The molecule has 5 heteroatoms. The van der Waals surface area contributed by atoms with E-state index in [1.165, 1.54) is 0 Å². The van der Waals surface area contributed by atoms with E-state index in [2.05, 4.69) is 5.16 Å². The van der Waals surface area contributed by atoms with Crippen molar-refractivity contribution >= 4 is 5.78 Å². The molecule has 2 unspecified atom stereocenters. The molecule has 0 amide bonds. The number of H-pyrrole nitrogens is 1. The maximum absolute atomic E-state index is 14.2. The Balaban J connectivity index is 1.81. The second kappa shape index (κ2) is 9.77. The van der Waals surface area contributed by atoms with Crippen LogP contribution in [0.3, 0.4) is 0 Å². The van der Waals surface area contributed by atoms with E-state index in [0.717, 1.165) is 16.7 Å². The van der Waals surface area contributed by atoms with Crippen LogP contribution in [0.1, 0.15) is 39.0 Å². The average Bonchev–Trinajstić information content (AvgIpc) is 3.30. The van der Waals surface area contributed by atoms with Crippen LogP contribution >= 0.6 is 0 Å². The van der Waals surface area contributed by atoms with Gasteiger partial charge in [-0.25, -0.2) is 9.95 Å². The summed E-state index contributed by atoms with van der Waals surface area (Å²) < 4.78 is 7.25. The Kier molecular flexibility index (Phi) is 6.22. The van der Waals surface area contributed by atoms with Crippen LogP contribution in [0.4, 0.5) is 0 Å². The second-order valence-corrected chi connectivity index (χ2v) is 8.48. The van der Waals surface area contributed by atoms with Crippen molar-refractivity contribution in [1.29, 1.82) is 0 Å². The number of pyridine rings is 1. The zero-order valence-electron chi connectivity index (χ0n) is 19.3. The summed E-state index contributed by atoms with van der Waals surface area (Å²) in [6.45, 7) is 2.00. The Hall–Kier alpha value is -4.51. The van der Waals surface area contributed by atoms with Gasteiger partial charge in [0.1, 0.15) is 0 Å². The summed E-state index contributed by atoms with van der Waals surface area (Å²) in [7, 11) is 0. The van der Waals surface area contributed by atoms with Gasteiger partial charge in [0.15, 0.2) is 12.4 Å². The quantitative estimate of drug-likeness (QED) is 0.258. The maximum atomic E-state index is 14.2. The van der Waals surface area contributed by atoms with Gasteiger partial charge in [-0.15, -0.1) is 0 Å². The molecule has 0 bridgehead atoms. The summed E-state index contributed by atoms with van der Waals surface area (Å²) in [5.74, 6) is -0.691. The molecule has 1 N–H and O–H groups in total. The molecule has 0 fully saturated rings. The Labute approximate surface area is 203 Å². The van der Waals surface area contributed by atoms with Crippen molar-refractivity contribution < 1.29 is 13.9 Å². The molecule has 0 radical (unpaired) electrons. The van der Waals surface area contributed by atoms with Gasteiger partial charge in [0, 0.05) is 23.3 Å². The third kappa shape index (κ3) is 4.36. The molecule has 5 rings (SSSR count). The number of benzene rings is 3. The van der Waals surface area contributed by atoms with Crippen molar-refractivity contribution in [2.75, 3.05) is 0 Å². The molecule has 0 saturated heterocycles. The van der Waals surface area contributed by atoms with E-state index in [1.807, 2.05) is 127 Å². The molecule has 35 heavy (non-hydrogen) atoms. The SMILES string of the molecule is Cc1ccccc1C(c1c(-c2ccccc2)[nH]oc1=O)C(C(=O)c1ccccc1)[n+]1ccccc1. The Morgan fingerprint density at radius 3 is 2.09 bits per heavy atom. The van der Waals surface area contributed by atoms with Gasteiger partial charge in [-0.1, -0.05) is 91.0 Å². The van der Waals surface area contributed by atoms with Crippen LogP contribution in [0, 0.1) is 6.92 Å². The highest BCUT2D eigenvalue weighted by Gasteiger charge is 2.43. The molecule has 5 aromatic rings. The number of rotatable bonds is 7. The highest BCUT2D eigenvalue weighted by Crippen LogP contribution is 2.38. The molecule has 172 valence electrons. The van der Waals surface area contributed by atoms with Gasteiger partial charge in [-0.2, -0.15) is 4.57 Å². The molecule has 2 heterocycles. The number of ketones is 1. The third-order valence-electron chi connectivity index (χ3n) is 6.33. The molecule has 0 saturated carbocycles. The largest absolute Gasteiger partial charge is 0.361 e. The van der Waals surface area contributed by atoms with E-state index in [4.69, 9.17) is 4.52 Å². The van der Waals surface area contributed by atoms with Gasteiger partial charge in [-0.05, 0) is 18.1 Å². The summed E-state index contributed by atoms with van der Waals surface area (Å²) in [6.07, 6.45) is 3.74. The van der Waals surface area contributed by atoms with Crippen molar-refractivity contribution in [3.05, 3.63) is 148 Å². The first kappa shape index (κ1) is 22.3. The van der Waals surface area contributed by atoms with Gasteiger partial charge in [0.05, 0.1) is 17.2 Å². The standard InChI is InChI=1S/C30H24N2O3/c1-21-13-9-10-18-24(21)25(26-27(31-35-30(26)34)22-14-5-2-6-15-22)28(32-19-11-4-12-20-32)29(33)23-16-7-3-8-17-23/h2-20,25,28H,1H3/p+1. The predicted molar refractivity (Wildman–Crippen MR) is 134 cm³/mol. The van der Waals surface area contributed by atoms with Crippen LogP contribution in [0.2, 0.25) is 0 Å². The van der Waals surface area contributed by atoms with E-state index in [0.29, 0.717) is 16.8 Å². The zero-order chi connectivity index (χ0) is 24.2. The molecular weight excluding hydrogens is 436 g/mol. The van der Waals surface area contributed by atoms with Gasteiger partial charge >= 0.3 is 5.63 Å². The van der Waals surface area contributed by atoms with Crippen molar-refractivity contribution in [2.45, 2.75) is 18.9 Å². The van der Waals surface area contributed by atoms with Crippen LogP contribution in [-0.2, 0) is 0 Å². The minimum atomic E-state index is -0.721. The number of hydrogen-bond donors (Lipinski definition) is 1. The second-order valence-electron chi connectivity index (χ2n) is 8.48. The molecule has 0 spiro atoms. The number of nitrogens with one attached hydrogen (secondary N) is 1. The number of aryl methyl sites for hydroxylation is 1. The lowest BCUT2D eigenvalue weighted by molar-refractivity contribution is -0.709. The minimum absolute atomic E-state index is 0.0883. The number of carbonyl (C=O) groups excluding carboxylic acids is 1. The van der Waals surface area contributed by atoms with Gasteiger partial charge in [0.2, 0.25) is 11.8 Å². The Bertz CT molecular complexity index is 1490. The molecule has 5 nitrogen and oxygen atoms in total. The molecule has 0 aliphatic heterocycles. The number of aromatic amines is 1. The van der Waals surface area contributed by atoms with Gasteiger partial charge < -0.3 is 4.52 Å². The molecule has 2 atom stereocenters.